The maximum absolute atomic E-state index is 5.93. The van der Waals surface area contributed by atoms with Crippen LogP contribution in [0.2, 0.25) is 0 Å². The third-order valence-electron chi connectivity index (χ3n) is 3.33. The molecule has 0 aromatic rings. The minimum atomic E-state index is 0.185. The first-order valence-electron chi connectivity index (χ1n) is 5.50. The van der Waals surface area contributed by atoms with Crippen LogP contribution in [-0.2, 0) is 9.47 Å². The molecular weight excluding hydrogens is 180 g/mol. The highest BCUT2D eigenvalue weighted by atomic mass is 16.5. The van der Waals surface area contributed by atoms with E-state index in [1.807, 2.05) is 0 Å². The van der Waals surface area contributed by atoms with Crippen molar-refractivity contribution < 1.29 is 9.47 Å². The first-order chi connectivity index (χ1) is 6.81. The van der Waals surface area contributed by atoms with Gasteiger partial charge in [-0.1, -0.05) is 0 Å². The predicted molar refractivity (Wildman–Crippen MR) is 53.9 cm³/mol. The Balaban J connectivity index is 1.92. The van der Waals surface area contributed by atoms with Gasteiger partial charge in [-0.3, -0.25) is 0 Å². The molecule has 0 bridgehead atoms. The third kappa shape index (κ3) is 2.08. The van der Waals surface area contributed by atoms with E-state index in [9.17, 15) is 0 Å². The summed E-state index contributed by atoms with van der Waals surface area (Å²) in [7, 11) is 0. The zero-order valence-corrected chi connectivity index (χ0v) is 8.52. The lowest BCUT2D eigenvalue weighted by Gasteiger charge is -2.33. The van der Waals surface area contributed by atoms with Crippen LogP contribution in [-0.4, -0.2) is 38.0 Å². The molecule has 4 nitrogen and oxygen atoms in total. The lowest BCUT2D eigenvalue weighted by molar-refractivity contribution is -0.0466. The summed E-state index contributed by atoms with van der Waals surface area (Å²) in [5, 5.41) is 0. The van der Waals surface area contributed by atoms with Gasteiger partial charge in [0.05, 0.1) is 12.2 Å². The van der Waals surface area contributed by atoms with E-state index >= 15 is 0 Å². The van der Waals surface area contributed by atoms with Gasteiger partial charge in [0.25, 0.3) is 0 Å². The van der Waals surface area contributed by atoms with E-state index in [1.54, 1.807) is 0 Å². The summed E-state index contributed by atoms with van der Waals surface area (Å²) in [4.78, 5) is 0. The summed E-state index contributed by atoms with van der Waals surface area (Å²) < 4.78 is 11.3. The SMILES string of the molecule is NCC1OCCC1C1CC(N)CCO1. The van der Waals surface area contributed by atoms with E-state index in [-0.39, 0.29) is 12.2 Å². The number of rotatable bonds is 2. The Kier molecular flexibility index (Phi) is 3.38. The van der Waals surface area contributed by atoms with Crippen molar-refractivity contribution >= 4 is 0 Å². The van der Waals surface area contributed by atoms with Crippen LogP contribution in [0.5, 0.6) is 0 Å². The smallest absolute Gasteiger partial charge is 0.0750 e. The minimum Gasteiger partial charge on any atom is -0.378 e. The second-order valence-electron chi connectivity index (χ2n) is 4.29. The minimum absolute atomic E-state index is 0.185. The molecule has 4 unspecified atom stereocenters. The van der Waals surface area contributed by atoms with Crippen LogP contribution in [0.4, 0.5) is 0 Å². The maximum atomic E-state index is 5.93. The van der Waals surface area contributed by atoms with Crippen LogP contribution in [0.3, 0.4) is 0 Å². The molecule has 0 amide bonds. The summed E-state index contributed by atoms with van der Waals surface area (Å²) in [5.41, 5.74) is 11.6. The van der Waals surface area contributed by atoms with Crippen molar-refractivity contribution in [2.75, 3.05) is 19.8 Å². The fourth-order valence-electron chi connectivity index (χ4n) is 2.49. The molecule has 0 spiro atoms. The normalized spacial score (nSPS) is 44.1. The average Bonchev–Trinajstić information content (AvgIpc) is 2.65. The molecule has 0 aromatic carbocycles. The monoisotopic (exact) mass is 200 g/mol. The molecule has 2 saturated heterocycles. The molecule has 4 atom stereocenters. The molecular formula is C10H20N2O2. The molecule has 4 heteroatoms. The van der Waals surface area contributed by atoms with Crippen molar-refractivity contribution in [2.45, 2.75) is 37.5 Å². The van der Waals surface area contributed by atoms with Gasteiger partial charge in [0, 0.05) is 31.7 Å². The van der Waals surface area contributed by atoms with Gasteiger partial charge in [0.15, 0.2) is 0 Å². The van der Waals surface area contributed by atoms with Crippen molar-refractivity contribution in [3.63, 3.8) is 0 Å². The number of nitrogens with two attached hydrogens (primary N) is 2. The van der Waals surface area contributed by atoms with E-state index in [2.05, 4.69) is 0 Å². The van der Waals surface area contributed by atoms with Crippen molar-refractivity contribution in [2.24, 2.45) is 17.4 Å². The zero-order valence-electron chi connectivity index (χ0n) is 8.52. The highest BCUT2D eigenvalue weighted by Crippen LogP contribution is 2.30. The third-order valence-corrected chi connectivity index (χ3v) is 3.33. The molecule has 82 valence electrons. The van der Waals surface area contributed by atoms with E-state index in [0.29, 0.717) is 18.5 Å². The van der Waals surface area contributed by atoms with Crippen molar-refractivity contribution in [1.29, 1.82) is 0 Å². The summed E-state index contributed by atoms with van der Waals surface area (Å²) in [6, 6.07) is 0.299. The molecule has 0 radical (unpaired) electrons. The Morgan fingerprint density at radius 3 is 2.64 bits per heavy atom. The fraction of sp³-hybridized carbons (Fsp3) is 1.00. The summed E-state index contributed by atoms with van der Waals surface area (Å²) in [5.74, 6) is 0.464. The summed E-state index contributed by atoms with van der Waals surface area (Å²) >= 11 is 0. The molecule has 2 heterocycles. The van der Waals surface area contributed by atoms with E-state index < -0.39 is 0 Å². The molecule has 2 aliphatic rings. The Hall–Kier alpha value is -0.160. The molecule has 2 fully saturated rings. The van der Waals surface area contributed by atoms with Crippen LogP contribution >= 0.6 is 0 Å². The van der Waals surface area contributed by atoms with Gasteiger partial charge >= 0.3 is 0 Å². The molecule has 2 rings (SSSR count). The van der Waals surface area contributed by atoms with Crippen LogP contribution in [0.1, 0.15) is 19.3 Å². The Morgan fingerprint density at radius 1 is 1.14 bits per heavy atom. The lowest BCUT2D eigenvalue weighted by Crippen LogP contribution is -2.42. The lowest BCUT2D eigenvalue weighted by atomic mass is 9.88. The van der Waals surface area contributed by atoms with Crippen molar-refractivity contribution in [3.05, 3.63) is 0 Å². The van der Waals surface area contributed by atoms with Crippen LogP contribution < -0.4 is 11.5 Å². The molecule has 14 heavy (non-hydrogen) atoms. The number of ether oxygens (including phenoxy) is 2. The van der Waals surface area contributed by atoms with E-state index in [0.717, 1.165) is 32.5 Å². The predicted octanol–water partition coefficient (Wildman–Crippen LogP) is -0.143. The molecule has 0 aliphatic carbocycles. The number of hydrogen-bond acceptors (Lipinski definition) is 4. The van der Waals surface area contributed by atoms with Gasteiger partial charge in [-0.25, -0.2) is 0 Å². The van der Waals surface area contributed by atoms with Gasteiger partial charge in [0.2, 0.25) is 0 Å². The molecule has 4 N–H and O–H groups in total. The topological polar surface area (TPSA) is 70.5 Å². The number of hydrogen-bond donors (Lipinski definition) is 2. The Morgan fingerprint density at radius 2 is 1.93 bits per heavy atom. The highest BCUT2D eigenvalue weighted by Gasteiger charge is 2.36. The highest BCUT2D eigenvalue weighted by molar-refractivity contribution is 4.87. The Bertz CT molecular complexity index is 189. The summed E-state index contributed by atoms with van der Waals surface area (Å²) in [6.07, 6.45) is 3.47. The van der Waals surface area contributed by atoms with Gasteiger partial charge in [-0.2, -0.15) is 0 Å². The molecule has 2 aliphatic heterocycles. The standard InChI is InChI=1S/C10H20N2O2/c11-6-10-8(2-4-14-10)9-5-7(12)1-3-13-9/h7-10H,1-6,11-12H2. The van der Waals surface area contributed by atoms with Gasteiger partial charge < -0.3 is 20.9 Å². The summed E-state index contributed by atoms with van der Waals surface area (Å²) in [6.45, 7) is 2.21. The quantitative estimate of drug-likeness (QED) is 0.650. The van der Waals surface area contributed by atoms with Crippen LogP contribution in [0, 0.1) is 5.92 Å². The second-order valence-corrected chi connectivity index (χ2v) is 4.29. The van der Waals surface area contributed by atoms with E-state index in [4.69, 9.17) is 20.9 Å². The van der Waals surface area contributed by atoms with Crippen LogP contribution in [0.15, 0.2) is 0 Å². The Labute approximate surface area is 84.9 Å². The van der Waals surface area contributed by atoms with E-state index in [1.165, 1.54) is 0 Å². The van der Waals surface area contributed by atoms with Crippen molar-refractivity contribution in [3.8, 4) is 0 Å². The van der Waals surface area contributed by atoms with Gasteiger partial charge in [0.1, 0.15) is 0 Å². The second kappa shape index (κ2) is 4.57. The van der Waals surface area contributed by atoms with Gasteiger partial charge in [-0.15, -0.1) is 0 Å². The fourth-order valence-corrected chi connectivity index (χ4v) is 2.49. The first-order valence-corrected chi connectivity index (χ1v) is 5.50. The van der Waals surface area contributed by atoms with Crippen LogP contribution in [0.25, 0.3) is 0 Å². The average molecular weight is 200 g/mol. The zero-order chi connectivity index (χ0) is 9.97. The first kappa shape index (κ1) is 10.4. The van der Waals surface area contributed by atoms with Gasteiger partial charge in [-0.05, 0) is 19.3 Å². The molecule has 0 saturated carbocycles. The molecule has 0 aromatic heterocycles. The maximum Gasteiger partial charge on any atom is 0.0750 e. The largest absolute Gasteiger partial charge is 0.378 e. The van der Waals surface area contributed by atoms with Crippen molar-refractivity contribution in [1.82, 2.24) is 0 Å².